The van der Waals surface area contributed by atoms with Crippen molar-refractivity contribution in [2.45, 2.75) is 18.4 Å². The van der Waals surface area contributed by atoms with Crippen LogP contribution in [0.4, 0.5) is 5.69 Å². The third kappa shape index (κ3) is 4.87. The minimum absolute atomic E-state index is 0.0750. The van der Waals surface area contributed by atoms with E-state index in [-0.39, 0.29) is 24.8 Å². The highest BCUT2D eigenvalue weighted by Crippen LogP contribution is 2.34. The summed E-state index contributed by atoms with van der Waals surface area (Å²) in [6.07, 6.45) is 0. The maximum atomic E-state index is 13.3. The lowest BCUT2D eigenvalue weighted by molar-refractivity contribution is -0.116. The van der Waals surface area contributed by atoms with Crippen molar-refractivity contribution in [1.82, 2.24) is 4.31 Å². The minimum atomic E-state index is -3.89. The van der Waals surface area contributed by atoms with Crippen LogP contribution in [0.1, 0.15) is 11.1 Å². The molecule has 3 aromatic carbocycles. The van der Waals surface area contributed by atoms with Gasteiger partial charge in [0, 0.05) is 18.3 Å². The van der Waals surface area contributed by atoms with Gasteiger partial charge in [-0.3, -0.25) is 4.79 Å². The fourth-order valence-electron chi connectivity index (χ4n) is 3.21. The summed E-state index contributed by atoms with van der Waals surface area (Å²) in [6, 6.07) is 20.8. The van der Waals surface area contributed by atoms with E-state index in [0.717, 1.165) is 11.1 Å². The summed E-state index contributed by atoms with van der Waals surface area (Å²) in [5.41, 5.74) is 2.24. The van der Waals surface area contributed by atoms with Gasteiger partial charge >= 0.3 is 0 Å². The minimum Gasteiger partial charge on any atom is -0.454 e. The monoisotopic (exact) mass is 438 g/mol. The van der Waals surface area contributed by atoms with Crippen molar-refractivity contribution in [3.8, 4) is 11.5 Å². The van der Waals surface area contributed by atoms with Crippen LogP contribution in [0.3, 0.4) is 0 Å². The lowest BCUT2D eigenvalue weighted by Crippen LogP contribution is -2.37. The number of aryl methyl sites for hydroxylation is 1. The zero-order valence-corrected chi connectivity index (χ0v) is 17.8. The quantitative estimate of drug-likeness (QED) is 0.610. The predicted octanol–water partition coefficient (Wildman–Crippen LogP) is 3.55. The molecule has 0 unspecified atom stereocenters. The van der Waals surface area contributed by atoms with Crippen LogP contribution in [0, 0.1) is 6.92 Å². The van der Waals surface area contributed by atoms with Crippen molar-refractivity contribution in [1.29, 1.82) is 0 Å². The molecular formula is C23H22N2O5S. The van der Waals surface area contributed by atoms with Gasteiger partial charge in [-0.15, -0.1) is 0 Å². The van der Waals surface area contributed by atoms with E-state index >= 15 is 0 Å². The fourth-order valence-corrected chi connectivity index (χ4v) is 4.59. The molecule has 0 spiro atoms. The number of carbonyl (C=O) groups excluding carboxylic acids is 1. The molecule has 0 fully saturated rings. The highest BCUT2D eigenvalue weighted by Gasteiger charge is 2.27. The van der Waals surface area contributed by atoms with E-state index in [4.69, 9.17) is 9.47 Å². The van der Waals surface area contributed by atoms with E-state index in [0.29, 0.717) is 17.2 Å². The maximum Gasteiger partial charge on any atom is 0.243 e. The molecule has 7 nitrogen and oxygen atoms in total. The third-order valence-electron chi connectivity index (χ3n) is 4.84. The Bertz CT molecular complexity index is 1180. The summed E-state index contributed by atoms with van der Waals surface area (Å²) in [5.74, 6) is 0.683. The summed E-state index contributed by atoms with van der Waals surface area (Å²) in [5, 5.41) is 2.74. The van der Waals surface area contributed by atoms with Crippen LogP contribution >= 0.6 is 0 Å². The molecule has 1 amide bonds. The first-order chi connectivity index (χ1) is 14.9. The number of ether oxygens (including phenoxy) is 2. The largest absolute Gasteiger partial charge is 0.454 e. The van der Waals surface area contributed by atoms with Crippen LogP contribution in [0.5, 0.6) is 11.5 Å². The smallest absolute Gasteiger partial charge is 0.243 e. The molecule has 0 atom stereocenters. The summed E-state index contributed by atoms with van der Waals surface area (Å²) >= 11 is 0. The number of carbonyl (C=O) groups is 1. The average molecular weight is 439 g/mol. The fraction of sp³-hybridized carbons (Fsp3) is 0.174. The normalized spacial score (nSPS) is 12.7. The molecule has 4 rings (SSSR count). The third-order valence-corrected chi connectivity index (χ3v) is 6.64. The number of nitrogens with one attached hydrogen (secondary N) is 1. The van der Waals surface area contributed by atoms with Crippen LogP contribution in [0.2, 0.25) is 0 Å². The molecule has 1 aliphatic heterocycles. The van der Waals surface area contributed by atoms with E-state index < -0.39 is 15.9 Å². The Morgan fingerprint density at radius 2 is 1.68 bits per heavy atom. The molecule has 0 radical (unpaired) electrons. The number of rotatable bonds is 7. The van der Waals surface area contributed by atoms with Gasteiger partial charge < -0.3 is 14.8 Å². The Morgan fingerprint density at radius 3 is 2.42 bits per heavy atom. The molecule has 31 heavy (non-hydrogen) atoms. The Labute approximate surface area is 181 Å². The van der Waals surface area contributed by atoms with E-state index in [1.165, 1.54) is 4.31 Å². The first kappa shape index (κ1) is 20.9. The molecule has 1 heterocycles. The number of anilines is 1. The van der Waals surface area contributed by atoms with Crippen molar-refractivity contribution in [2.75, 3.05) is 18.7 Å². The Morgan fingerprint density at radius 1 is 0.968 bits per heavy atom. The summed E-state index contributed by atoms with van der Waals surface area (Å²) in [6.45, 7) is 1.76. The predicted molar refractivity (Wildman–Crippen MR) is 116 cm³/mol. The molecule has 1 N–H and O–H groups in total. The summed E-state index contributed by atoms with van der Waals surface area (Å²) < 4.78 is 38.4. The standard InChI is InChI=1S/C23H22N2O5S/c1-17-7-10-20(11-8-17)31(27,28)25(14-18-5-3-2-4-6-18)15-23(26)24-19-9-12-21-22(13-19)30-16-29-21/h2-13H,14-16H2,1H3,(H,24,26). The summed E-state index contributed by atoms with van der Waals surface area (Å²) in [7, 11) is -3.89. The van der Waals surface area contributed by atoms with Gasteiger partial charge in [0.1, 0.15) is 0 Å². The molecular weight excluding hydrogens is 416 g/mol. The van der Waals surface area contributed by atoms with Gasteiger partial charge in [0.25, 0.3) is 0 Å². The van der Waals surface area contributed by atoms with Gasteiger partial charge in [0.05, 0.1) is 11.4 Å². The van der Waals surface area contributed by atoms with E-state index in [1.54, 1.807) is 42.5 Å². The number of sulfonamides is 1. The van der Waals surface area contributed by atoms with Crippen molar-refractivity contribution < 1.29 is 22.7 Å². The topological polar surface area (TPSA) is 84.9 Å². The molecule has 0 bridgehead atoms. The van der Waals surface area contributed by atoms with Gasteiger partial charge in [-0.25, -0.2) is 8.42 Å². The van der Waals surface area contributed by atoms with Crippen LogP contribution in [0.15, 0.2) is 77.7 Å². The average Bonchev–Trinajstić information content (AvgIpc) is 3.22. The van der Waals surface area contributed by atoms with Crippen molar-refractivity contribution in [3.05, 3.63) is 83.9 Å². The van der Waals surface area contributed by atoms with Gasteiger partial charge in [-0.05, 0) is 36.8 Å². The Hall–Kier alpha value is -3.36. The lowest BCUT2D eigenvalue weighted by atomic mass is 10.2. The van der Waals surface area contributed by atoms with Gasteiger partial charge in [-0.2, -0.15) is 4.31 Å². The number of hydrogen-bond donors (Lipinski definition) is 1. The first-order valence-corrected chi connectivity index (χ1v) is 11.2. The van der Waals surface area contributed by atoms with Gasteiger partial charge in [0.2, 0.25) is 22.7 Å². The molecule has 3 aromatic rings. The lowest BCUT2D eigenvalue weighted by Gasteiger charge is -2.22. The Balaban J connectivity index is 1.56. The first-order valence-electron chi connectivity index (χ1n) is 9.72. The second-order valence-corrected chi connectivity index (χ2v) is 9.13. The molecule has 1 aliphatic rings. The Kier molecular flexibility index (Phi) is 5.92. The van der Waals surface area contributed by atoms with Gasteiger partial charge in [0.15, 0.2) is 11.5 Å². The van der Waals surface area contributed by atoms with Crippen LogP contribution < -0.4 is 14.8 Å². The second-order valence-electron chi connectivity index (χ2n) is 7.19. The van der Waals surface area contributed by atoms with E-state index in [2.05, 4.69) is 5.32 Å². The van der Waals surface area contributed by atoms with Crippen LogP contribution in [-0.4, -0.2) is 32.0 Å². The van der Waals surface area contributed by atoms with Crippen molar-refractivity contribution >= 4 is 21.6 Å². The van der Waals surface area contributed by atoms with Gasteiger partial charge in [-0.1, -0.05) is 48.0 Å². The second kappa shape index (κ2) is 8.79. The van der Waals surface area contributed by atoms with Crippen molar-refractivity contribution in [3.63, 3.8) is 0 Å². The molecule has 160 valence electrons. The van der Waals surface area contributed by atoms with Crippen LogP contribution in [-0.2, 0) is 21.4 Å². The zero-order chi connectivity index (χ0) is 21.8. The molecule has 0 saturated carbocycles. The SMILES string of the molecule is Cc1ccc(S(=O)(=O)N(CC(=O)Nc2ccc3c(c2)OCO3)Cc2ccccc2)cc1. The number of hydrogen-bond acceptors (Lipinski definition) is 5. The molecule has 0 aromatic heterocycles. The molecule has 8 heteroatoms. The number of amides is 1. The zero-order valence-electron chi connectivity index (χ0n) is 16.9. The van der Waals surface area contributed by atoms with E-state index in [1.807, 2.05) is 37.3 Å². The molecule has 0 aliphatic carbocycles. The maximum absolute atomic E-state index is 13.3. The van der Waals surface area contributed by atoms with Crippen LogP contribution in [0.25, 0.3) is 0 Å². The highest BCUT2D eigenvalue weighted by atomic mass is 32.2. The number of benzene rings is 3. The van der Waals surface area contributed by atoms with E-state index in [9.17, 15) is 13.2 Å². The number of nitrogens with zero attached hydrogens (tertiary/aromatic N) is 1. The highest BCUT2D eigenvalue weighted by molar-refractivity contribution is 7.89. The number of fused-ring (bicyclic) bond motifs is 1. The molecule has 0 saturated heterocycles. The van der Waals surface area contributed by atoms with Crippen molar-refractivity contribution in [2.24, 2.45) is 0 Å². The summed E-state index contributed by atoms with van der Waals surface area (Å²) in [4.78, 5) is 12.9.